The molecule has 0 aliphatic carbocycles. The van der Waals surface area contributed by atoms with Gasteiger partial charge in [-0.3, -0.25) is 0 Å². The van der Waals surface area contributed by atoms with Crippen LogP contribution in [0.4, 0.5) is 8.78 Å². The number of nitrogens with one attached hydrogen (secondary N) is 2. The van der Waals surface area contributed by atoms with E-state index in [1.54, 1.807) is 6.92 Å². The molecule has 4 nitrogen and oxygen atoms in total. The van der Waals surface area contributed by atoms with Gasteiger partial charge in [-0.05, 0) is 6.92 Å². The SMILES string of the molecule is C[C@@H]1NC[C@H](C)C(F)(F)[C@@H]1CNS(C)(=O)=O. The summed E-state index contributed by atoms with van der Waals surface area (Å²) in [5, 5.41) is 2.96. The summed E-state index contributed by atoms with van der Waals surface area (Å²) in [7, 11) is -3.43. The summed E-state index contributed by atoms with van der Waals surface area (Å²) in [6.07, 6.45) is 0.968. The molecule has 0 aromatic heterocycles. The highest BCUT2D eigenvalue weighted by atomic mass is 32.2. The van der Waals surface area contributed by atoms with Gasteiger partial charge in [0.1, 0.15) is 0 Å². The van der Waals surface area contributed by atoms with Crippen molar-refractivity contribution in [3.63, 3.8) is 0 Å². The molecule has 16 heavy (non-hydrogen) atoms. The van der Waals surface area contributed by atoms with Crippen LogP contribution in [0.1, 0.15) is 13.8 Å². The van der Waals surface area contributed by atoms with E-state index >= 15 is 0 Å². The van der Waals surface area contributed by atoms with Gasteiger partial charge in [-0.15, -0.1) is 0 Å². The third-order valence-corrected chi connectivity index (χ3v) is 3.76. The van der Waals surface area contributed by atoms with E-state index in [0.29, 0.717) is 0 Å². The molecule has 1 aliphatic heterocycles. The lowest BCUT2D eigenvalue weighted by molar-refractivity contribution is -0.128. The maximum Gasteiger partial charge on any atom is 0.257 e. The van der Waals surface area contributed by atoms with Crippen molar-refractivity contribution >= 4 is 10.0 Å². The summed E-state index contributed by atoms with van der Waals surface area (Å²) in [4.78, 5) is 0. The van der Waals surface area contributed by atoms with Gasteiger partial charge in [-0.1, -0.05) is 6.92 Å². The Kier molecular flexibility index (Phi) is 3.91. The van der Waals surface area contributed by atoms with E-state index in [9.17, 15) is 17.2 Å². The lowest BCUT2D eigenvalue weighted by Crippen LogP contribution is -2.58. The first kappa shape index (κ1) is 13.8. The van der Waals surface area contributed by atoms with Crippen LogP contribution >= 0.6 is 0 Å². The fourth-order valence-corrected chi connectivity index (χ4v) is 2.38. The molecule has 1 fully saturated rings. The van der Waals surface area contributed by atoms with Gasteiger partial charge in [0.15, 0.2) is 0 Å². The topological polar surface area (TPSA) is 58.2 Å². The van der Waals surface area contributed by atoms with Crippen molar-refractivity contribution in [3.05, 3.63) is 0 Å². The average Bonchev–Trinajstić information content (AvgIpc) is 2.09. The third kappa shape index (κ3) is 3.11. The largest absolute Gasteiger partial charge is 0.313 e. The van der Waals surface area contributed by atoms with Crippen LogP contribution in [0.5, 0.6) is 0 Å². The van der Waals surface area contributed by atoms with E-state index in [-0.39, 0.29) is 13.1 Å². The van der Waals surface area contributed by atoms with Crippen LogP contribution in [-0.4, -0.2) is 39.7 Å². The number of piperidine rings is 1. The quantitative estimate of drug-likeness (QED) is 0.769. The van der Waals surface area contributed by atoms with Crippen LogP contribution in [0.15, 0.2) is 0 Å². The summed E-state index contributed by atoms with van der Waals surface area (Å²) < 4.78 is 51.6. The van der Waals surface area contributed by atoms with E-state index in [1.165, 1.54) is 6.92 Å². The summed E-state index contributed by atoms with van der Waals surface area (Å²) >= 11 is 0. The predicted molar refractivity (Wildman–Crippen MR) is 57.9 cm³/mol. The van der Waals surface area contributed by atoms with Gasteiger partial charge < -0.3 is 5.32 Å². The number of alkyl halides is 2. The number of sulfonamides is 1. The average molecular weight is 256 g/mol. The highest BCUT2D eigenvalue weighted by Gasteiger charge is 2.50. The van der Waals surface area contributed by atoms with E-state index in [2.05, 4.69) is 10.0 Å². The maximum atomic E-state index is 13.8. The molecule has 96 valence electrons. The smallest absolute Gasteiger partial charge is 0.257 e. The number of rotatable bonds is 3. The number of hydrogen-bond donors (Lipinski definition) is 2. The van der Waals surface area contributed by atoms with Crippen molar-refractivity contribution in [2.24, 2.45) is 11.8 Å². The molecule has 1 saturated heterocycles. The monoisotopic (exact) mass is 256 g/mol. The van der Waals surface area contributed by atoms with Gasteiger partial charge in [-0.25, -0.2) is 21.9 Å². The molecule has 0 amide bonds. The molecule has 0 saturated carbocycles. The van der Waals surface area contributed by atoms with Crippen LogP contribution < -0.4 is 10.0 Å². The van der Waals surface area contributed by atoms with Crippen LogP contribution in [-0.2, 0) is 10.0 Å². The maximum absolute atomic E-state index is 13.8. The van der Waals surface area contributed by atoms with Gasteiger partial charge >= 0.3 is 0 Å². The second-order valence-corrected chi connectivity index (χ2v) is 6.33. The molecule has 2 N–H and O–H groups in total. The number of halogens is 2. The van der Waals surface area contributed by atoms with Crippen molar-refractivity contribution in [2.75, 3.05) is 19.3 Å². The zero-order chi connectivity index (χ0) is 12.6. The van der Waals surface area contributed by atoms with Crippen molar-refractivity contribution < 1.29 is 17.2 Å². The highest BCUT2D eigenvalue weighted by molar-refractivity contribution is 7.88. The van der Waals surface area contributed by atoms with Crippen molar-refractivity contribution in [1.29, 1.82) is 0 Å². The molecule has 0 aromatic rings. The fraction of sp³-hybridized carbons (Fsp3) is 1.00. The standard InChI is InChI=1S/C9H18F2N2O2S/c1-6-4-12-7(2)8(9(6,10)11)5-13-16(3,14)15/h6-8,12-13H,4-5H2,1-3H3/t6-,7-,8+/m0/s1. The molecule has 1 aliphatic rings. The van der Waals surface area contributed by atoms with Crippen molar-refractivity contribution in [2.45, 2.75) is 25.8 Å². The fourth-order valence-electron chi connectivity index (χ4n) is 1.89. The minimum atomic E-state index is -3.43. The van der Waals surface area contributed by atoms with Crippen LogP contribution in [0.3, 0.4) is 0 Å². The van der Waals surface area contributed by atoms with E-state index in [1.807, 2.05) is 0 Å². The minimum Gasteiger partial charge on any atom is -0.313 e. The Bertz CT molecular complexity index is 345. The minimum absolute atomic E-state index is 0.232. The van der Waals surface area contributed by atoms with E-state index in [0.717, 1.165) is 6.26 Å². The summed E-state index contributed by atoms with van der Waals surface area (Å²) in [5.74, 6) is -4.64. The summed E-state index contributed by atoms with van der Waals surface area (Å²) in [5.41, 5.74) is 0. The predicted octanol–water partition coefficient (Wildman–Crippen LogP) is 0.415. The first-order valence-electron chi connectivity index (χ1n) is 5.20. The van der Waals surface area contributed by atoms with Gasteiger partial charge in [0.25, 0.3) is 5.92 Å². The molecule has 0 spiro atoms. The zero-order valence-electron chi connectivity index (χ0n) is 9.63. The Hall–Kier alpha value is -0.270. The van der Waals surface area contributed by atoms with Crippen molar-refractivity contribution in [3.8, 4) is 0 Å². The van der Waals surface area contributed by atoms with Crippen LogP contribution in [0.25, 0.3) is 0 Å². The highest BCUT2D eigenvalue weighted by Crippen LogP contribution is 2.37. The van der Waals surface area contributed by atoms with E-state index < -0.39 is 33.8 Å². The Morgan fingerprint density at radius 3 is 2.50 bits per heavy atom. The van der Waals surface area contributed by atoms with Crippen LogP contribution in [0.2, 0.25) is 0 Å². The summed E-state index contributed by atoms with van der Waals surface area (Å²) in [6, 6.07) is -0.402. The lowest BCUT2D eigenvalue weighted by Gasteiger charge is -2.41. The van der Waals surface area contributed by atoms with Gasteiger partial charge in [0.05, 0.1) is 12.2 Å². The first-order chi connectivity index (χ1) is 7.14. The second kappa shape index (κ2) is 4.54. The van der Waals surface area contributed by atoms with Gasteiger partial charge in [-0.2, -0.15) is 0 Å². The molecule has 3 atom stereocenters. The molecule has 0 aromatic carbocycles. The molecule has 1 heterocycles. The molecule has 1 rings (SSSR count). The molecule has 0 radical (unpaired) electrons. The Morgan fingerprint density at radius 2 is 2.00 bits per heavy atom. The lowest BCUT2D eigenvalue weighted by atomic mass is 9.82. The molecule has 7 heteroatoms. The molecule has 0 unspecified atom stereocenters. The first-order valence-corrected chi connectivity index (χ1v) is 7.09. The zero-order valence-corrected chi connectivity index (χ0v) is 10.4. The van der Waals surface area contributed by atoms with Crippen molar-refractivity contribution in [1.82, 2.24) is 10.0 Å². The van der Waals surface area contributed by atoms with Crippen LogP contribution in [0, 0.1) is 11.8 Å². The van der Waals surface area contributed by atoms with Gasteiger partial charge in [0.2, 0.25) is 10.0 Å². The van der Waals surface area contributed by atoms with Gasteiger partial charge in [0, 0.05) is 25.0 Å². The molecule has 0 bridgehead atoms. The molecular weight excluding hydrogens is 238 g/mol. The second-order valence-electron chi connectivity index (χ2n) is 4.50. The normalized spacial score (nSPS) is 34.9. The Morgan fingerprint density at radius 1 is 1.44 bits per heavy atom. The summed E-state index contributed by atoms with van der Waals surface area (Å²) in [6.45, 7) is 3.13. The number of hydrogen-bond acceptors (Lipinski definition) is 3. The Balaban J connectivity index is 2.74. The molecular formula is C9H18F2N2O2S. The third-order valence-electron chi connectivity index (χ3n) is 3.07. The Labute approximate surface area is 94.8 Å². The van der Waals surface area contributed by atoms with E-state index in [4.69, 9.17) is 0 Å².